The Kier molecular flexibility index (Phi) is 4.12. The highest BCUT2D eigenvalue weighted by Crippen LogP contribution is 2.31. The molecule has 18 heavy (non-hydrogen) atoms. The predicted molar refractivity (Wildman–Crippen MR) is 76.7 cm³/mol. The summed E-state index contributed by atoms with van der Waals surface area (Å²) in [5.74, 6) is 1.02. The van der Waals surface area contributed by atoms with Crippen molar-refractivity contribution >= 4 is 5.69 Å². The van der Waals surface area contributed by atoms with E-state index in [-0.39, 0.29) is 6.10 Å². The van der Waals surface area contributed by atoms with E-state index in [1.807, 2.05) is 0 Å². The van der Waals surface area contributed by atoms with Gasteiger partial charge in [0.05, 0.1) is 11.8 Å². The maximum Gasteiger partial charge on any atom is 0.143 e. The molecule has 1 fully saturated rings. The van der Waals surface area contributed by atoms with Crippen molar-refractivity contribution in [1.29, 1.82) is 0 Å². The summed E-state index contributed by atoms with van der Waals surface area (Å²) in [4.78, 5) is 4.80. The molecule has 0 saturated carbocycles. The van der Waals surface area contributed by atoms with E-state index in [1.165, 1.54) is 11.3 Å². The molecular weight excluding hydrogens is 224 g/mol. The molecule has 0 unspecified atom stereocenters. The molecular formula is C15H24N2O. The Hall–Kier alpha value is -1.22. The summed E-state index contributed by atoms with van der Waals surface area (Å²) >= 11 is 0. The molecule has 0 aromatic heterocycles. The summed E-state index contributed by atoms with van der Waals surface area (Å²) in [7, 11) is 2.18. The van der Waals surface area contributed by atoms with Crippen molar-refractivity contribution in [2.75, 3.05) is 38.1 Å². The van der Waals surface area contributed by atoms with Crippen LogP contribution in [0.4, 0.5) is 5.69 Å². The first-order chi connectivity index (χ1) is 8.56. The third kappa shape index (κ3) is 3.16. The van der Waals surface area contributed by atoms with Crippen molar-refractivity contribution in [2.45, 2.75) is 26.9 Å². The number of ether oxygens (including phenoxy) is 1. The smallest absolute Gasteiger partial charge is 0.143 e. The predicted octanol–water partition coefficient (Wildman–Crippen LogP) is 2.53. The van der Waals surface area contributed by atoms with Crippen molar-refractivity contribution in [3.8, 4) is 5.75 Å². The van der Waals surface area contributed by atoms with Crippen molar-refractivity contribution in [2.24, 2.45) is 0 Å². The van der Waals surface area contributed by atoms with E-state index in [0.717, 1.165) is 31.9 Å². The molecule has 1 saturated heterocycles. The quantitative estimate of drug-likeness (QED) is 0.817. The number of hydrogen-bond donors (Lipinski definition) is 0. The zero-order valence-corrected chi connectivity index (χ0v) is 11.9. The highest BCUT2D eigenvalue weighted by atomic mass is 16.5. The Bertz CT molecular complexity index is 395. The molecule has 1 aromatic carbocycles. The Morgan fingerprint density at radius 3 is 2.39 bits per heavy atom. The third-order valence-electron chi connectivity index (χ3n) is 3.32. The number of benzene rings is 1. The lowest BCUT2D eigenvalue weighted by molar-refractivity contribution is 0.241. The van der Waals surface area contributed by atoms with Gasteiger partial charge < -0.3 is 14.5 Å². The van der Waals surface area contributed by atoms with E-state index in [1.54, 1.807) is 0 Å². The lowest BCUT2D eigenvalue weighted by atomic mass is 10.1. The van der Waals surface area contributed by atoms with Gasteiger partial charge in [-0.25, -0.2) is 0 Å². The zero-order chi connectivity index (χ0) is 13.1. The molecule has 1 heterocycles. The molecule has 3 nitrogen and oxygen atoms in total. The highest BCUT2D eigenvalue weighted by Gasteiger charge is 2.18. The first kappa shape index (κ1) is 13.2. The van der Waals surface area contributed by atoms with Crippen LogP contribution in [0.1, 0.15) is 19.4 Å². The number of anilines is 1. The van der Waals surface area contributed by atoms with E-state index in [0.29, 0.717) is 0 Å². The Labute approximate surface area is 110 Å². The minimum Gasteiger partial charge on any atom is -0.489 e. The van der Waals surface area contributed by atoms with Crippen LogP contribution < -0.4 is 9.64 Å². The molecule has 0 bridgehead atoms. The topological polar surface area (TPSA) is 15.7 Å². The van der Waals surface area contributed by atoms with Gasteiger partial charge in [-0.2, -0.15) is 0 Å². The molecule has 3 heteroatoms. The summed E-state index contributed by atoms with van der Waals surface area (Å²) < 4.78 is 5.95. The van der Waals surface area contributed by atoms with E-state index in [4.69, 9.17) is 4.74 Å². The van der Waals surface area contributed by atoms with Gasteiger partial charge in [-0.3, -0.25) is 0 Å². The minimum absolute atomic E-state index is 0.220. The van der Waals surface area contributed by atoms with Crippen LogP contribution >= 0.6 is 0 Å². The van der Waals surface area contributed by atoms with Crippen LogP contribution in [0.3, 0.4) is 0 Å². The van der Waals surface area contributed by atoms with Gasteiger partial charge in [0.25, 0.3) is 0 Å². The normalized spacial score (nSPS) is 17.3. The lowest BCUT2D eigenvalue weighted by Crippen LogP contribution is -2.44. The average molecular weight is 248 g/mol. The number of hydrogen-bond acceptors (Lipinski definition) is 3. The van der Waals surface area contributed by atoms with E-state index >= 15 is 0 Å². The van der Waals surface area contributed by atoms with E-state index < -0.39 is 0 Å². The second-order valence-corrected chi connectivity index (χ2v) is 5.43. The molecule has 1 aromatic rings. The Morgan fingerprint density at radius 1 is 1.11 bits per heavy atom. The fourth-order valence-corrected chi connectivity index (χ4v) is 2.28. The minimum atomic E-state index is 0.220. The molecule has 0 spiro atoms. The summed E-state index contributed by atoms with van der Waals surface area (Å²) in [5.41, 5.74) is 2.49. The number of rotatable bonds is 3. The lowest BCUT2D eigenvalue weighted by Gasteiger charge is -2.35. The molecule has 1 aliphatic rings. The van der Waals surface area contributed by atoms with Crippen LogP contribution in [0.5, 0.6) is 5.75 Å². The first-order valence-electron chi connectivity index (χ1n) is 6.77. The van der Waals surface area contributed by atoms with Crippen molar-refractivity contribution in [1.82, 2.24) is 4.90 Å². The third-order valence-corrected chi connectivity index (χ3v) is 3.32. The Morgan fingerprint density at radius 2 is 1.78 bits per heavy atom. The van der Waals surface area contributed by atoms with Gasteiger partial charge in [0.2, 0.25) is 0 Å². The fourth-order valence-electron chi connectivity index (χ4n) is 2.28. The van der Waals surface area contributed by atoms with Crippen LogP contribution in [-0.4, -0.2) is 44.2 Å². The van der Waals surface area contributed by atoms with Crippen LogP contribution in [0, 0.1) is 6.92 Å². The molecule has 1 aliphatic heterocycles. The number of nitrogens with zero attached hydrogens (tertiary/aromatic N) is 2. The maximum atomic E-state index is 5.95. The standard InChI is InChI=1S/C15H24N2O/c1-12(2)18-15-11-13(3)5-6-14(15)17-9-7-16(4)8-10-17/h5-6,11-12H,7-10H2,1-4H3. The van der Waals surface area contributed by atoms with Crippen molar-refractivity contribution in [3.63, 3.8) is 0 Å². The average Bonchev–Trinajstić information content (AvgIpc) is 2.30. The summed E-state index contributed by atoms with van der Waals surface area (Å²) in [6.07, 6.45) is 0.220. The monoisotopic (exact) mass is 248 g/mol. The maximum absolute atomic E-state index is 5.95. The van der Waals surface area contributed by atoms with Gasteiger partial charge in [0.15, 0.2) is 0 Å². The fraction of sp³-hybridized carbons (Fsp3) is 0.600. The van der Waals surface area contributed by atoms with Crippen LogP contribution in [0.25, 0.3) is 0 Å². The van der Waals surface area contributed by atoms with Crippen LogP contribution in [0.2, 0.25) is 0 Å². The first-order valence-corrected chi connectivity index (χ1v) is 6.77. The van der Waals surface area contributed by atoms with Crippen LogP contribution in [0.15, 0.2) is 18.2 Å². The summed E-state index contributed by atoms with van der Waals surface area (Å²) in [6, 6.07) is 6.51. The van der Waals surface area contributed by atoms with E-state index in [9.17, 15) is 0 Å². The summed E-state index contributed by atoms with van der Waals surface area (Å²) in [6.45, 7) is 10.7. The summed E-state index contributed by atoms with van der Waals surface area (Å²) in [5, 5.41) is 0. The SMILES string of the molecule is Cc1ccc(N2CCN(C)CC2)c(OC(C)C)c1. The van der Waals surface area contributed by atoms with Gasteiger partial charge in [-0.1, -0.05) is 6.07 Å². The van der Waals surface area contributed by atoms with Crippen LogP contribution in [-0.2, 0) is 0 Å². The molecule has 0 N–H and O–H groups in total. The molecule has 2 rings (SSSR count). The van der Waals surface area contributed by atoms with Gasteiger partial charge in [-0.05, 0) is 45.5 Å². The van der Waals surface area contributed by atoms with Crippen molar-refractivity contribution < 1.29 is 4.74 Å². The molecule has 100 valence electrons. The second kappa shape index (κ2) is 5.61. The zero-order valence-electron chi connectivity index (χ0n) is 11.9. The van der Waals surface area contributed by atoms with Gasteiger partial charge >= 0.3 is 0 Å². The number of likely N-dealkylation sites (N-methyl/N-ethyl adjacent to an activating group) is 1. The second-order valence-electron chi connectivity index (χ2n) is 5.43. The molecule has 0 amide bonds. The largest absolute Gasteiger partial charge is 0.489 e. The van der Waals surface area contributed by atoms with E-state index in [2.05, 4.69) is 55.8 Å². The highest BCUT2D eigenvalue weighted by molar-refractivity contribution is 5.60. The van der Waals surface area contributed by atoms with Gasteiger partial charge in [0, 0.05) is 26.2 Å². The number of piperazine rings is 1. The van der Waals surface area contributed by atoms with Gasteiger partial charge in [0.1, 0.15) is 5.75 Å². The number of aryl methyl sites for hydroxylation is 1. The molecule has 0 atom stereocenters. The van der Waals surface area contributed by atoms with Crippen molar-refractivity contribution in [3.05, 3.63) is 23.8 Å². The van der Waals surface area contributed by atoms with Gasteiger partial charge in [-0.15, -0.1) is 0 Å². The molecule has 0 aliphatic carbocycles. The Balaban J connectivity index is 2.20. The molecule has 0 radical (unpaired) electrons.